The molecule has 2 nitrogen and oxygen atoms in total. The van der Waals surface area contributed by atoms with Crippen molar-refractivity contribution in [2.45, 2.75) is 13.8 Å². The van der Waals surface area contributed by atoms with E-state index in [1.165, 1.54) is 22.2 Å². The summed E-state index contributed by atoms with van der Waals surface area (Å²) in [4.78, 5) is 1.25. The number of benzene rings is 1. The minimum Gasteiger partial charge on any atom is -0.173 e. The maximum Gasteiger partial charge on any atom is 0.113 e. The Balaban J connectivity index is 0.000000457. The Morgan fingerprint density at radius 1 is 1.00 bits per heavy atom. The van der Waals surface area contributed by atoms with E-state index >= 15 is 0 Å². The second-order valence-corrected chi connectivity index (χ2v) is 4.39. The second kappa shape index (κ2) is 5.18. The highest BCUT2D eigenvalue weighted by Crippen LogP contribution is 2.30. The maximum absolute atomic E-state index is 4.31. The Kier molecular flexibility index (Phi) is 3.64. The van der Waals surface area contributed by atoms with Gasteiger partial charge < -0.3 is 0 Å². The van der Waals surface area contributed by atoms with Gasteiger partial charge in [0.1, 0.15) is 11.0 Å². The minimum atomic E-state index is 0.987. The van der Waals surface area contributed by atoms with Gasteiger partial charge in [0.05, 0.1) is 11.7 Å². The summed E-state index contributed by atoms with van der Waals surface area (Å²) in [6, 6.07) is 10.3. The van der Waals surface area contributed by atoms with Crippen molar-refractivity contribution < 1.29 is 0 Å². The zero-order valence-electron chi connectivity index (χ0n) is 9.18. The molecule has 0 atom stereocenters. The summed E-state index contributed by atoms with van der Waals surface area (Å²) in [5.74, 6) is 0. The van der Waals surface area contributed by atoms with E-state index < -0.39 is 0 Å². The fourth-order valence-corrected chi connectivity index (χ4v) is 2.74. The monoisotopic (exact) mass is 248 g/mol. The van der Waals surface area contributed by atoms with Crippen LogP contribution in [0.5, 0.6) is 0 Å². The molecule has 0 bridgehead atoms. The van der Waals surface area contributed by atoms with Crippen LogP contribution in [0.1, 0.15) is 13.8 Å². The largest absolute Gasteiger partial charge is 0.173 e. The van der Waals surface area contributed by atoms with Gasteiger partial charge in [-0.15, -0.1) is 11.3 Å². The topological polar surface area (TPSA) is 25.8 Å². The van der Waals surface area contributed by atoms with Gasteiger partial charge in [-0.2, -0.15) is 8.75 Å². The number of fused-ring (bicyclic) bond motifs is 1. The number of aromatic nitrogens is 2. The Morgan fingerprint density at radius 2 is 1.88 bits per heavy atom. The molecular formula is C12H12N2S2. The van der Waals surface area contributed by atoms with Crippen molar-refractivity contribution in [2.75, 3.05) is 0 Å². The lowest BCUT2D eigenvalue weighted by Gasteiger charge is -1.96. The molecule has 16 heavy (non-hydrogen) atoms. The van der Waals surface area contributed by atoms with Crippen molar-refractivity contribution in [3.63, 3.8) is 0 Å². The second-order valence-electron chi connectivity index (χ2n) is 2.91. The average molecular weight is 248 g/mol. The summed E-state index contributed by atoms with van der Waals surface area (Å²) in [7, 11) is 0. The lowest BCUT2D eigenvalue weighted by atomic mass is 10.1. The van der Waals surface area contributed by atoms with E-state index in [1.807, 2.05) is 26.0 Å². The van der Waals surface area contributed by atoms with Crippen molar-refractivity contribution in [1.82, 2.24) is 8.75 Å². The normalized spacial score (nSPS) is 9.88. The van der Waals surface area contributed by atoms with Crippen LogP contribution in [0.3, 0.4) is 0 Å². The van der Waals surface area contributed by atoms with Gasteiger partial charge in [-0.05, 0) is 17.5 Å². The summed E-state index contributed by atoms with van der Waals surface area (Å²) in [5.41, 5.74) is 3.19. The number of hydrogen-bond donors (Lipinski definition) is 0. The van der Waals surface area contributed by atoms with Crippen LogP contribution in [0.25, 0.3) is 21.5 Å². The third-order valence-corrected chi connectivity index (χ3v) is 3.52. The highest BCUT2D eigenvalue weighted by molar-refractivity contribution is 7.13. The molecule has 0 aliphatic rings. The molecule has 0 unspecified atom stereocenters. The predicted octanol–water partition coefficient (Wildman–Crippen LogP) is 4.45. The predicted molar refractivity (Wildman–Crippen MR) is 72.1 cm³/mol. The lowest BCUT2D eigenvalue weighted by molar-refractivity contribution is 1.50. The van der Waals surface area contributed by atoms with Gasteiger partial charge >= 0.3 is 0 Å². The quantitative estimate of drug-likeness (QED) is 0.636. The Bertz CT molecular complexity index is 555. The highest BCUT2D eigenvalue weighted by atomic mass is 32.1. The van der Waals surface area contributed by atoms with Gasteiger partial charge in [-0.25, -0.2) is 0 Å². The van der Waals surface area contributed by atoms with Crippen molar-refractivity contribution in [2.24, 2.45) is 0 Å². The molecule has 0 fully saturated rings. The van der Waals surface area contributed by atoms with Crippen molar-refractivity contribution >= 4 is 34.1 Å². The molecule has 0 aliphatic heterocycles. The number of rotatable bonds is 1. The number of nitrogens with zero attached hydrogens (tertiary/aromatic N) is 2. The van der Waals surface area contributed by atoms with Gasteiger partial charge in [-0.1, -0.05) is 32.0 Å². The zero-order valence-corrected chi connectivity index (χ0v) is 10.8. The Labute approximate surface area is 103 Å². The third kappa shape index (κ3) is 1.99. The molecule has 82 valence electrons. The molecule has 0 saturated carbocycles. The molecule has 0 amide bonds. The number of hydrogen-bond acceptors (Lipinski definition) is 4. The molecule has 1 aromatic carbocycles. The molecule has 0 spiro atoms. The molecule has 0 saturated heterocycles. The molecule has 2 aromatic heterocycles. The van der Waals surface area contributed by atoms with E-state index in [0.29, 0.717) is 0 Å². The Hall–Kier alpha value is -1.26. The van der Waals surface area contributed by atoms with Crippen LogP contribution in [0, 0.1) is 0 Å². The van der Waals surface area contributed by atoms with Crippen molar-refractivity contribution in [3.05, 3.63) is 35.7 Å². The van der Waals surface area contributed by atoms with E-state index in [-0.39, 0.29) is 0 Å². The molecule has 3 rings (SSSR count). The van der Waals surface area contributed by atoms with E-state index in [2.05, 4.69) is 32.3 Å². The van der Waals surface area contributed by atoms with Gasteiger partial charge in [0.2, 0.25) is 0 Å². The van der Waals surface area contributed by atoms with Gasteiger partial charge in [0.15, 0.2) is 0 Å². The summed E-state index contributed by atoms with van der Waals surface area (Å²) in [6.07, 6.45) is 0. The standard InChI is InChI=1S/C10H6N2S2.C2H6/c1-3-7(9-5-2-6-13-9)10-8(4-1)11-14-12-10;1-2/h1-6H;1-2H3. The molecule has 0 N–H and O–H groups in total. The van der Waals surface area contributed by atoms with Crippen LogP contribution >= 0.6 is 23.1 Å². The van der Waals surface area contributed by atoms with Crippen LogP contribution in [0.15, 0.2) is 35.7 Å². The number of thiophene rings is 1. The average Bonchev–Trinajstić information content (AvgIpc) is 3.02. The van der Waals surface area contributed by atoms with Gasteiger partial charge in [0.25, 0.3) is 0 Å². The summed E-state index contributed by atoms with van der Waals surface area (Å²) >= 11 is 3.00. The smallest absolute Gasteiger partial charge is 0.113 e. The summed E-state index contributed by atoms with van der Waals surface area (Å²) in [5, 5.41) is 2.08. The van der Waals surface area contributed by atoms with Gasteiger partial charge in [0, 0.05) is 10.4 Å². The molecular weight excluding hydrogens is 236 g/mol. The van der Waals surface area contributed by atoms with Crippen molar-refractivity contribution in [3.8, 4) is 10.4 Å². The zero-order chi connectivity index (χ0) is 11.4. The third-order valence-electron chi connectivity index (χ3n) is 2.07. The first-order valence-electron chi connectivity index (χ1n) is 5.20. The van der Waals surface area contributed by atoms with E-state index in [0.717, 1.165) is 11.0 Å². The molecule has 2 heterocycles. The van der Waals surface area contributed by atoms with Crippen LogP contribution < -0.4 is 0 Å². The fourth-order valence-electron chi connectivity index (χ4n) is 1.44. The SMILES string of the molecule is CC.c1csc(-c2cccc3nsnc23)c1. The van der Waals surface area contributed by atoms with Crippen molar-refractivity contribution in [1.29, 1.82) is 0 Å². The summed E-state index contributed by atoms with van der Waals surface area (Å²) in [6.45, 7) is 4.00. The first-order valence-corrected chi connectivity index (χ1v) is 6.81. The lowest BCUT2D eigenvalue weighted by Crippen LogP contribution is -1.75. The van der Waals surface area contributed by atoms with Gasteiger partial charge in [-0.3, -0.25) is 0 Å². The first-order chi connectivity index (χ1) is 7.95. The summed E-state index contributed by atoms with van der Waals surface area (Å²) < 4.78 is 8.54. The van der Waals surface area contributed by atoms with Crippen LogP contribution in [0.2, 0.25) is 0 Å². The fraction of sp³-hybridized carbons (Fsp3) is 0.167. The molecule has 0 radical (unpaired) electrons. The molecule has 3 aromatic rings. The van der Waals surface area contributed by atoms with E-state index in [9.17, 15) is 0 Å². The maximum atomic E-state index is 4.31. The van der Waals surface area contributed by atoms with E-state index in [4.69, 9.17) is 0 Å². The van der Waals surface area contributed by atoms with E-state index in [1.54, 1.807) is 11.3 Å². The van der Waals surface area contributed by atoms with Crippen LogP contribution in [0.4, 0.5) is 0 Å². The highest BCUT2D eigenvalue weighted by Gasteiger charge is 2.06. The first kappa shape index (κ1) is 11.2. The van der Waals surface area contributed by atoms with Crippen LogP contribution in [-0.2, 0) is 0 Å². The Morgan fingerprint density at radius 3 is 2.62 bits per heavy atom. The minimum absolute atomic E-state index is 0.987. The van der Waals surface area contributed by atoms with Crippen LogP contribution in [-0.4, -0.2) is 8.75 Å². The molecule has 4 heteroatoms. The molecule has 0 aliphatic carbocycles.